The molecule has 7 nitrogen and oxygen atoms in total. The first kappa shape index (κ1) is 20.9. The minimum absolute atomic E-state index is 0.0426. The summed E-state index contributed by atoms with van der Waals surface area (Å²) in [5.41, 5.74) is 0. The number of amides is 2. The summed E-state index contributed by atoms with van der Waals surface area (Å²) in [4.78, 5) is 40.4. The van der Waals surface area contributed by atoms with Crippen LogP contribution in [0.25, 0.3) is 0 Å². The van der Waals surface area contributed by atoms with Crippen molar-refractivity contribution in [3.05, 3.63) is 0 Å². The van der Waals surface area contributed by atoms with Gasteiger partial charge in [0.1, 0.15) is 6.04 Å². The standard InChI is InChI=1S/C18H27BrN2O5S/c1-3-5-6-20-15(23)14-18-9-10(19)13(27-18)11(17(25)26-4-2)12(18)16(24)21(14)7-8-22/h10-14,22H,3-9H2,1-2H3,(H,20,23)/t10?,11-,12-,13-,14?,18?/m0/s1. The minimum Gasteiger partial charge on any atom is -0.466 e. The number of likely N-dealkylation sites (tertiary alicyclic amines) is 1. The van der Waals surface area contributed by atoms with Gasteiger partial charge in [-0.2, -0.15) is 0 Å². The predicted molar refractivity (Wildman–Crippen MR) is 106 cm³/mol. The number of unbranched alkanes of at least 4 members (excludes halogenated alkanes) is 1. The zero-order valence-electron chi connectivity index (χ0n) is 15.7. The summed E-state index contributed by atoms with van der Waals surface area (Å²) in [6.45, 7) is 4.49. The number of carbonyl (C=O) groups is 3. The second-order valence-corrected chi connectivity index (χ2v) is 10.0. The van der Waals surface area contributed by atoms with Gasteiger partial charge in [0.25, 0.3) is 0 Å². The molecule has 0 aromatic carbocycles. The highest BCUT2D eigenvalue weighted by molar-refractivity contribution is 9.09. The fourth-order valence-corrected chi connectivity index (χ4v) is 8.37. The third-order valence-electron chi connectivity index (χ3n) is 5.77. The number of carbonyl (C=O) groups excluding carboxylic acids is 3. The molecule has 3 heterocycles. The second kappa shape index (κ2) is 8.29. The van der Waals surface area contributed by atoms with Crippen molar-refractivity contribution in [2.75, 3.05) is 26.3 Å². The molecule has 0 aliphatic carbocycles. The highest BCUT2D eigenvalue weighted by atomic mass is 79.9. The van der Waals surface area contributed by atoms with Gasteiger partial charge in [-0.05, 0) is 19.8 Å². The Bertz CT molecular complexity index is 621. The highest BCUT2D eigenvalue weighted by Crippen LogP contribution is 2.67. The number of ether oxygens (including phenoxy) is 1. The summed E-state index contributed by atoms with van der Waals surface area (Å²) < 4.78 is 4.60. The largest absolute Gasteiger partial charge is 0.466 e. The van der Waals surface area contributed by atoms with Gasteiger partial charge in [0, 0.05) is 23.2 Å². The van der Waals surface area contributed by atoms with Crippen LogP contribution in [0, 0.1) is 11.8 Å². The van der Waals surface area contributed by atoms with Crippen molar-refractivity contribution in [1.29, 1.82) is 0 Å². The van der Waals surface area contributed by atoms with Gasteiger partial charge < -0.3 is 20.1 Å². The summed E-state index contributed by atoms with van der Waals surface area (Å²) in [7, 11) is 0. The average Bonchev–Trinajstić information content (AvgIpc) is 3.20. The van der Waals surface area contributed by atoms with Crippen LogP contribution in [-0.2, 0) is 19.1 Å². The number of aliphatic hydroxyl groups excluding tert-OH is 1. The van der Waals surface area contributed by atoms with Crippen molar-refractivity contribution in [2.24, 2.45) is 11.8 Å². The summed E-state index contributed by atoms with van der Waals surface area (Å²) in [6.07, 6.45) is 2.47. The SMILES string of the molecule is CCCCNC(=O)C1N(CCO)C(=O)[C@@H]2[C@H](C(=O)OCC)[C@H]3SC12CC3Br. The lowest BCUT2D eigenvalue weighted by Gasteiger charge is -2.35. The third-order valence-corrected chi connectivity index (χ3v) is 8.99. The van der Waals surface area contributed by atoms with E-state index in [4.69, 9.17) is 4.74 Å². The van der Waals surface area contributed by atoms with Crippen LogP contribution < -0.4 is 5.32 Å². The lowest BCUT2D eigenvalue weighted by Crippen LogP contribution is -2.54. The van der Waals surface area contributed by atoms with E-state index in [1.807, 2.05) is 6.92 Å². The van der Waals surface area contributed by atoms with Crippen LogP contribution in [-0.4, -0.2) is 75.0 Å². The van der Waals surface area contributed by atoms with Gasteiger partial charge in [0.15, 0.2) is 0 Å². The molecule has 0 aromatic heterocycles. The number of β-amino-alcohol motifs (C(OH)–C–C–N with tert-alkyl or cyclic N) is 1. The highest BCUT2D eigenvalue weighted by Gasteiger charge is 2.75. The molecule has 3 aliphatic heterocycles. The van der Waals surface area contributed by atoms with E-state index in [9.17, 15) is 19.5 Å². The van der Waals surface area contributed by atoms with Gasteiger partial charge in [-0.25, -0.2) is 0 Å². The van der Waals surface area contributed by atoms with E-state index in [2.05, 4.69) is 21.2 Å². The lowest BCUT2D eigenvalue weighted by molar-refractivity contribution is -0.153. The first-order chi connectivity index (χ1) is 12.9. The van der Waals surface area contributed by atoms with Crippen molar-refractivity contribution < 1.29 is 24.2 Å². The number of aliphatic hydroxyl groups is 1. The Morgan fingerprint density at radius 3 is 2.81 bits per heavy atom. The van der Waals surface area contributed by atoms with E-state index in [-0.39, 0.29) is 47.6 Å². The molecule has 152 valence electrons. The normalized spacial score (nSPS) is 36.8. The zero-order valence-corrected chi connectivity index (χ0v) is 18.1. The molecule has 2 N–H and O–H groups in total. The maximum absolute atomic E-state index is 13.2. The molecule has 2 amide bonds. The summed E-state index contributed by atoms with van der Waals surface area (Å²) in [5, 5.41) is 12.3. The number of hydrogen-bond donors (Lipinski definition) is 2. The molecule has 0 aromatic rings. The Kier molecular flexibility index (Phi) is 6.42. The van der Waals surface area contributed by atoms with E-state index in [1.54, 1.807) is 18.7 Å². The monoisotopic (exact) mass is 462 g/mol. The zero-order chi connectivity index (χ0) is 19.8. The smallest absolute Gasteiger partial charge is 0.310 e. The Labute approximate surface area is 172 Å². The Morgan fingerprint density at radius 2 is 2.19 bits per heavy atom. The molecular weight excluding hydrogens is 436 g/mol. The first-order valence-electron chi connectivity index (χ1n) is 9.60. The number of esters is 1. The topological polar surface area (TPSA) is 95.9 Å². The Hall–Kier alpha value is -0.800. The fourth-order valence-electron chi connectivity index (χ4n) is 4.77. The van der Waals surface area contributed by atoms with Crippen LogP contribution >= 0.6 is 27.7 Å². The molecule has 3 saturated heterocycles. The molecule has 0 radical (unpaired) electrons. The fraction of sp³-hybridized carbons (Fsp3) is 0.833. The summed E-state index contributed by atoms with van der Waals surface area (Å²) in [5.74, 6) is -1.91. The molecule has 2 bridgehead atoms. The summed E-state index contributed by atoms with van der Waals surface area (Å²) in [6, 6.07) is -0.673. The van der Waals surface area contributed by atoms with Gasteiger partial charge in [0.2, 0.25) is 11.8 Å². The van der Waals surface area contributed by atoms with Crippen LogP contribution in [0.3, 0.4) is 0 Å². The van der Waals surface area contributed by atoms with Crippen LogP contribution in [0.15, 0.2) is 0 Å². The molecule has 9 heteroatoms. The number of alkyl halides is 1. The van der Waals surface area contributed by atoms with Gasteiger partial charge in [0.05, 0.1) is 29.8 Å². The molecule has 1 spiro atoms. The number of nitrogens with one attached hydrogen (secondary N) is 1. The molecule has 6 atom stereocenters. The van der Waals surface area contributed by atoms with Crippen molar-refractivity contribution >= 4 is 45.5 Å². The van der Waals surface area contributed by atoms with Crippen molar-refractivity contribution in [3.63, 3.8) is 0 Å². The minimum atomic E-state index is -0.673. The maximum Gasteiger partial charge on any atom is 0.310 e. The number of fused-ring (bicyclic) bond motifs is 1. The maximum atomic E-state index is 13.2. The number of halogens is 1. The van der Waals surface area contributed by atoms with Crippen LogP contribution in [0.4, 0.5) is 0 Å². The van der Waals surface area contributed by atoms with Gasteiger partial charge in [-0.3, -0.25) is 14.4 Å². The molecular formula is C18H27BrN2O5S. The number of thioether (sulfide) groups is 1. The second-order valence-electron chi connectivity index (χ2n) is 7.32. The van der Waals surface area contributed by atoms with Crippen molar-refractivity contribution in [1.82, 2.24) is 10.2 Å². The molecule has 3 fully saturated rings. The number of rotatable bonds is 8. The van der Waals surface area contributed by atoms with Gasteiger partial charge in [-0.15, -0.1) is 11.8 Å². The van der Waals surface area contributed by atoms with Crippen LogP contribution in [0.2, 0.25) is 0 Å². The van der Waals surface area contributed by atoms with Crippen LogP contribution in [0.5, 0.6) is 0 Å². The molecule has 3 rings (SSSR count). The number of hydrogen-bond acceptors (Lipinski definition) is 6. The van der Waals surface area contributed by atoms with Crippen molar-refractivity contribution in [2.45, 2.75) is 54.0 Å². The Morgan fingerprint density at radius 1 is 1.44 bits per heavy atom. The Balaban J connectivity index is 1.95. The van der Waals surface area contributed by atoms with E-state index < -0.39 is 22.6 Å². The average molecular weight is 463 g/mol. The van der Waals surface area contributed by atoms with E-state index in [0.717, 1.165) is 12.8 Å². The molecule has 3 aliphatic rings. The van der Waals surface area contributed by atoms with Gasteiger partial charge >= 0.3 is 5.97 Å². The molecule has 3 unspecified atom stereocenters. The predicted octanol–water partition coefficient (Wildman–Crippen LogP) is 0.923. The first-order valence-corrected chi connectivity index (χ1v) is 11.4. The quantitative estimate of drug-likeness (QED) is 0.316. The van der Waals surface area contributed by atoms with E-state index in [0.29, 0.717) is 13.0 Å². The lowest BCUT2D eigenvalue weighted by atomic mass is 9.71. The molecule has 27 heavy (non-hydrogen) atoms. The van der Waals surface area contributed by atoms with Crippen molar-refractivity contribution in [3.8, 4) is 0 Å². The third kappa shape index (κ3) is 3.29. The number of nitrogens with zero attached hydrogens (tertiary/aromatic N) is 1. The van der Waals surface area contributed by atoms with E-state index in [1.165, 1.54) is 4.90 Å². The molecule has 0 saturated carbocycles. The van der Waals surface area contributed by atoms with Gasteiger partial charge in [-0.1, -0.05) is 29.3 Å². The van der Waals surface area contributed by atoms with Crippen LogP contribution in [0.1, 0.15) is 33.1 Å². The summed E-state index contributed by atoms with van der Waals surface area (Å²) >= 11 is 5.24. The van der Waals surface area contributed by atoms with E-state index >= 15 is 0 Å².